The van der Waals surface area contributed by atoms with Crippen molar-refractivity contribution in [2.75, 3.05) is 24.5 Å². The van der Waals surface area contributed by atoms with Crippen LogP contribution in [0.15, 0.2) is 17.2 Å². The normalized spacial score (nSPS) is 20.9. The number of nitrogens with one attached hydrogen (secondary N) is 1. The van der Waals surface area contributed by atoms with Crippen LogP contribution < -0.4 is 15.8 Å². The summed E-state index contributed by atoms with van der Waals surface area (Å²) in [5.74, 6) is 1.29. The van der Waals surface area contributed by atoms with E-state index in [1.807, 2.05) is 0 Å². The standard InChI is InChI=1S/C15H26N4O/c1-4-12(2)10-17-13-6-5-8-19(11-13)14-15(20)18(3)9-7-16-14/h7,9,12-13,17H,4-6,8,10-11H2,1-3H3/t12-,13+/m1/s1. The second kappa shape index (κ2) is 6.88. The molecule has 1 N–H and O–H groups in total. The van der Waals surface area contributed by atoms with Crippen LogP contribution in [0.2, 0.25) is 0 Å². The van der Waals surface area contributed by atoms with E-state index in [9.17, 15) is 4.79 Å². The number of rotatable bonds is 5. The molecule has 2 heterocycles. The molecule has 1 aliphatic heterocycles. The lowest BCUT2D eigenvalue weighted by atomic mass is 10.0. The highest BCUT2D eigenvalue weighted by molar-refractivity contribution is 5.36. The molecular formula is C15H26N4O. The maximum Gasteiger partial charge on any atom is 0.293 e. The van der Waals surface area contributed by atoms with Crippen molar-refractivity contribution in [3.05, 3.63) is 22.7 Å². The van der Waals surface area contributed by atoms with E-state index >= 15 is 0 Å². The van der Waals surface area contributed by atoms with Crippen LogP contribution in [0, 0.1) is 5.92 Å². The molecule has 2 atom stereocenters. The molecule has 1 fully saturated rings. The van der Waals surface area contributed by atoms with Gasteiger partial charge in [-0.1, -0.05) is 20.3 Å². The first-order chi connectivity index (χ1) is 9.61. The second-order valence-electron chi connectivity index (χ2n) is 5.87. The summed E-state index contributed by atoms with van der Waals surface area (Å²) in [5.41, 5.74) is -0.00456. The Labute approximate surface area is 121 Å². The number of aromatic nitrogens is 2. The van der Waals surface area contributed by atoms with Gasteiger partial charge in [0, 0.05) is 38.6 Å². The Bertz CT molecular complexity index is 485. The number of hydrogen-bond acceptors (Lipinski definition) is 4. The van der Waals surface area contributed by atoms with E-state index in [0.29, 0.717) is 17.8 Å². The van der Waals surface area contributed by atoms with E-state index < -0.39 is 0 Å². The third kappa shape index (κ3) is 3.60. The van der Waals surface area contributed by atoms with Crippen LogP contribution in [-0.4, -0.2) is 35.2 Å². The lowest BCUT2D eigenvalue weighted by molar-refractivity contribution is 0.385. The van der Waals surface area contributed by atoms with Crippen LogP contribution in [0.3, 0.4) is 0 Å². The third-order valence-corrected chi connectivity index (χ3v) is 4.17. The Morgan fingerprint density at radius 2 is 2.35 bits per heavy atom. The number of nitrogens with zero attached hydrogens (tertiary/aromatic N) is 3. The molecule has 0 amide bonds. The van der Waals surface area contributed by atoms with Crippen LogP contribution in [-0.2, 0) is 7.05 Å². The zero-order chi connectivity index (χ0) is 14.5. The van der Waals surface area contributed by atoms with Gasteiger partial charge in [0.05, 0.1) is 0 Å². The molecule has 0 aliphatic carbocycles. The molecule has 5 heteroatoms. The van der Waals surface area contributed by atoms with E-state index in [1.54, 1.807) is 24.0 Å². The minimum Gasteiger partial charge on any atom is -0.350 e. The van der Waals surface area contributed by atoms with Gasteiger partial charge in [0.1, 0.15) is 0 Å². The van der Waals surface area contributed by atoms with Crippen molar-refractivity contribution in [3.63, 3.8) is 0 Å². The van der Waals surface area contributed by atoms with E-state index in [2.05, 4.69) is 29.0 Å². The van der Waals surface area contributed by atoms with Crippen molar-refractivity contribution in [1.82, 2.24) is 14.9 Å². The Morgan fingerprint density at radius 1 is 1.55 bits per heavy atom. The fourth-order valence-corrected chi connectivity index (χ4v) is 2.55. The summed E-state index contributed by atoms with van der Waals surface area (Å²) in [7, 11) is 1.77. The molecule has 1 aromatic rings. The maximum atomic E-state index is 12.1. The smallest absolute Gasteiger partial charge is 0.293 e. The van der Waals surface area contributed by atoms with Gasteiger partial charge in [0.15, 0.2) is 5.82 Å². The summed E-state index contributed by atoms with van der Waals surface area (Å²) >= 11 is 0. The molecule has 112 valence electrons. The van der Waals surface area contributed by atoms with E-state index in [1.165, 1.54) is 12.8 Å². The summed E-state index contributed by atoms with van der Waals surface area (Å²) in [6, 6.07) is 0.462. The zero-order valence-corrected chi connectivity index (χ0v) is 12.8. The monoisotopic (exact) mass is 278 g/mol. The quantitative estimate of drug-likeness (QED) is 0.884. The first-order valence-electron chi connectivity index (χ1n) is 7.61. The molecule has 1 aromatic heterocycles. The SMILES string of the molecule is CC[C@@H](C)CN[C@H]1CCCN(c2nccn(C)c2=O)C1. The lowest BCUT2D eigenvalue weighted by Crippen LogP contribution is -2.48. The summed E-state index contributed by atoms with van der Waals surface area (Å²) in [6.07, 6.45) is 6.89. The first-order valence-corrected chi connectivity index (χ1v) is 7.61. The highest BCUT2D eigenvalue weighted by atomic mass is 16.1. The van der Waals surface area contributed by atoms with Gasteiger partial charge in [-0.3, -0.25) is 4.79 Å². The molecule has 0 unspecified atom stereocenters. The van der Waals surface area contributed by atoms with Crippen molar-refractivity contribution in [1.29, 1.82) is 0 Å². The molecule has 2 rings (SSSR count). The van der Waals surface area contributed by atoms with Gasteiger partial charge in [-0.2, -0.15) is 0 Å². The molecule has 0 bridgehead atoms. The van der Waals surface area contributed by atoms with Crippen molar-refractivity contribution in [2.45, 2.75) is 39.2 Å². The van der Waals surface area contributed by atoms with Crippen molar-refractivity contribution >= 4 is 5.82 Å². The number of piperidine rings is 1. The molecule has 1 aliphatic rings. The molecule has 5 nitrogen and oxygen atoms in total. The van der Waals surface area contributed by atoms with Crippen molar-refractivity contribution < 1.29 is 0 Å². The predicted molar refractivity (Wildman–Crippen MR) is 82.2 cm³/mol. The molecule has 0 spiro atoms. The van der Waals surface area contributed by atoms with Crippen molar-refractivity contribution in [2.24, 2.45) is 13.0 Å². The van der Waals surface area contributed by atoms with Gasteiger partial charge >= 0.3 is 0 Å². The van der Waals surface area contributed by atoms with Gasteiger partial charge in [-0.05, 0) is 25.3 Å². The van der Waals surface area contributed by atoms with Crippen molar-refractivity contribution in [3.8, 4) is 0 Å². The zero-order valence-electron chi connectivity index (χ0n) is 12.8. The topological polar surface area (TPSA) is 50.2 Å². The number of aryl methyl sites for hydroxylation is 1. The van der Waals surface area contributed by atoms with Crippen LogP contribution >= 0.6 is 0 Å². The Morgan fingerprint density at radius 3 is 3.10 bits per heavy atom. The average molecular weight is 278 g/mol. The Balaban J connectivity index is 2.00. The average Bonchev–Trinajstić information content (AvgIpc) is 2.48. The van der Waals surface area contributed by atoms with E-state index in [-0.39, 0.29) is 5.56 Å². The first kappa shape index (κ1) is 15.0. The maximum absolute atomic E-state index is 12.1. The van der Waals surface area contributed by atoms with Gasteiger partial charge in [0.2, 0.25) is 0 Å². The summed E-state index contributed by atoms with van der Waals surface area (Å²) < 4.78 is 1.60. The number of anilines is 1. The minimum absolute atomic E-state index is 0.00456. The molecule has 1 saturated heterocycles. The van der Waals surface area contributed by atoms with Gasteiger partial charge in [-0.15, -0.1) is 0 Å². The van der Waals surface area contributed by atoms with Crippen LogP contribution in [0.5, 0.6) is 0 Å². The van der Waals surface area contributed by atoms with Gasteiger partial charge < -0.3 is 14.8 Å². The van der Waals surface area contributed by atoms with E-state index in [4.69, 9.17) is 0 Å². The van der Waals surface area contributed by atoms with E-state index in [0.717, 1.165) is 26.1 Å². The highest BCUT2D eigenvalue weighted by Crippen LogP contribution is 2.14. The predicted octanol–water partition coefficient (Wildman–Crippen LogP) is 1.38. The van der Waals surface area contributed by atoms with Crippen LogP contribution in [0.1, 0.15) is 33.1 Å². The Kier molecular flexibility index (Phi) is 5.17. The number of hydrogen-bond donors (Lipinski definition) is 1. The lowest BCUT2D eigenvalue weighted by Gasteiger charge is -2.34. The van der Waals surface area contributed by atoms with Crippen LogP contribution in [0.4, 0.5) is 5.82 Å². The summed E-state index contributed by atoms with van der Waals surface area (Å²) in [6.45, 7) is 7.34. The largest absolute Gasteiger partial charge is 0.350 e. The highest BCUT2D eigenvalue weighted by Gasteiger charge is 2.22. The molecule has 0 saturated carbocycles. The fourth-order valence-electron chi connectivity index (χ4n) is 2.55. The summed E-state index contributed by atoms with van der Waals surface area (Å²) in [4.78, 5) is 18.5. The van der Waals surface area contributed by atoms with Gasteiger partial charge in [-0.25, -0.2) is 4.98 Å². The van der Waals surface area contributed by atoms with Crippen LogP contribution in [0.25, 0.3) is 0 Å². The molecule has 20 heavy (non-hydrogen) atoms. The molecule has 0 aromatic carbocycles. The third-order valence-electron chi connectivity index (χ3n) is 4.17. The van der Waals surface area contributed by atoms with Gasteiger partial charge in [0.25, 0.3) is 5.56 Å². The molecule has 0 radical (unpaired) electrons. The minimum atomic E-state index is -0.00456. The summed E-state index contributed by atoms with van der Waals surface area (Å²) in [5, 5.41) is 3.63. The Hall–Kier alpha value is -1.36. The fraction of sp³-hybridized carbons (Fsp3) is 0.733. The second-order valence-corrected chi connectivity index (χ2v) is 5.87. The molecular weight excluding hydrogens is 252 g/mol.